The van der Waals surface area contributed by atoms with E-state index in [9.17, 15) is 28.7 Å². The molecule has 2 amide bonds. The number of alkyl carbamates (subject to hydrolysis) is 1. The zero-order valence-corrected chi connectivity index (χ0v) is 27.2. The third-order valence-electron chi connectivity index (χ3n) is 7.56. The molecule has 4 N–H and O–H groups in total. The number of hydrogen-bond donors (Lipinski definition) is 4. The van der Waals surface area contributed by atoms with Gasteiger partial charge in [0.1, 0.15) is 12.4 Å². The van der Waals surface area contributed by atoms with Crippen LogP contribution in [0.25, 0.3) is 11.1 Å². The van der Waals surface area contributed by atoms with Crippen LogP contribution in [-0.4, -0.2) is 71.2 Å². The number of amides is 2. The number of hydrogen-bond acceptors (Lipinski definition) is 7. The number of carbonyl (C=O) groups is 3. The van der Waals surface area contributed by atoms with Gasteiger partial charge in [-0.2, -0.15) is 0 Å². The van der Waals surface area contributed by atoms with Gasteiger partial charge in [-0.05, 0) is 61.9 Å². The van der Waals surface area contributed by atoms with Gasteiger partial charge in [-0.3, -0.25) is 19.1 Å². The van der Waals surface area contributed by atoms with Crippen LogP contribution in [0.1, 0.15) is 43.7 Å². The highest BCUT2D eigenvalue weighted by Crippen LogP contribution is 2.43. The molecule has 11 nitrogen and oxygen atoms in total. The predicted octanol–water partition coefficient (Wildman–Crippen LogP) is 4.87. The average molecular weight is 654 g/mol. The van der Waals surface area contributed by atoms with E-state index < -0.39 is 37.4 Å². The van der Waals surface area contributed by atoms with Crippen LogP contribution in [0.4, 0.5) is 4.79 Å². The van der Waals surface area contributed by atoms with Crippen LogP contribution in [0.3, 0.4) is 0 Å². The van der Waals surface area contributed by atoms with E-state index in [1.807, 2.05) is 84.9 Å². The third kappa shape index (κ3) is 12.8. The van der Waals surface area contributed by atoms with Gasteiger partial charge >= 0.3 is 19.7 Å². The molecule has 0 heterocycles. The Morgan fingerprint density at radius 3 is 2.07 bits per heavy atom. The van der Waals surface area contributed by atoms with Crippen LogP contribution in [0.2, 0.25) is 0 Å². The minimum Gasteiger partial charge on any atom is -0.466 e. The maximum absolute atomic E-state index is 13.2. The van der Waals surface area contributed by atoms with Gasteiger partial charge in [0, 0.05) is 13.1 Å². The zero-order chi connectivity index (χ0) is 33.4. The molecule has 0 radical (unpaired) electrons. The SMILES string of the molecule is CC(N(C)C(Cc1ccc(-c2ccccc2)cc1)C(=O)NCCC(=O)OCCCCCNC(=O)OCc1ccccc1)P(=O)(O)O. The van der Waals surface area contributed by atoms with Gasteiger partial charge in [0.25, 0.3) is 0 Å². The molecule has 0 bridgehead atoms. The van der Waals surface area contributed by atoms with E-state index in [0.29, 0.717) is 19.4 Å². The topological polar surface area (TPSA) is 154 Å². The Hall–Kier alpha value is -4.02. The summed E-state index contributed by atoms with van der Waals surface area (Å²) in [5.41, 5.74) is 3.79. The smallest absolute Gasteiger partial charge is 0.407 e. The Bertz CT molecular complexity index is 1420. The molecule has 2 unspecified atom stereocenters. The van der Waals surface area contributed by atoms with Crippen molar-refractivity contribution in [3.05, 3.63) is 96.1 Å². The predicted molar refractivity (Wildman–Crippen MR) is 176 cm³/mol. The van der Waals surface area contributed by atoms with Crippen molar-refractivity contribution in [2.45, 2.75) is 57.5 Å². The molecule has 3 aromatic rings. The Kier molecular flexibility index (Phi) is 14.9. The highest BCUT2D eigenvalue weighted by atomic mass is 31.2. The number of unbranched alkanes of at least 4 members (excludes halogenated alkanes) is 2. The van der Waals surface area contributed by atoms with Gasteiger partial charge in [-0.1, -0.05) is 84.9 Å². The number of rotatable bonds is 18. The summed E-state index contributed by atoms with van der Waals surface area (Å²) in [6.07, 6.45) is 1.74. The molecule has 0 saturated carbocycles. The van der Waals surface area contributed by atoms with Crippen LogP contribution < -0.4 is 10.6 Å². The van der Waals surface area contributed by atoms with E-state index in [1.54, 1.807) is 0 Å². The maximum atomic E-state index is 13.2. The molecule has 0 aliphatic rings. The Balaban J connectivity index is 1.38. The number of benzene rings is 3. The first kappa shape index (κ1) is 36.4. The first-order chi connectivity index (χ1) is 22.0. The van der Waals surface area contributed by atoms with E-state index in [1.165, 1.54) is 18.9 Å². The zero-order valence-electron chi connectivity index (χ0n) is 26.3. The number of esters is 1. The van der Waals surface area contributed by atoms with Crippen LogP contribution in [-0.2, 0) is 36.7 Å². The highest BCUT2D eigenvalue weighted by molar-refractivity contribution is 7.52. The van der Waals surface area contributed by atoms with Crippen molar-refractivity contribution < 1.29 is 38.2 Å². The van der Waals surface area contributed by atoms with E-state index in [-0.39, 0.29) is 32.6 Å². The number of nitrogens with one attached hydrogen (secondary N) is 2. The van der Waals surface area contributed by atoms with Gasteiger partial charge in [0.05, 0.1) is 19.1 Å². The fourth-order valence-corrected chi connectivity index (χ4v) is 5.27. The average Bonchev–Trinajstić information content (AvgIpc) is 3.05. The van der Waals surface area contributed by atoms with Crippen LogP contribution in [0.15, 0.2) is 84.9 Å². The van der Waals surface area contributed by atoms with Crippen LogP contribution in [0.5, 0.6) is 0 Å². The fraction of sp³-hybridized carbons (Fsp3) is 0.382. The molecule has 12 heteroatoms. The summed E-state index contributed by atoms with van der Waals surface area (Å²) < 4.78 is 22.4. The lowest BCUT2D eigenvalue weighted by atomic mass is 9.99. The second kappa shape index (κ2) is 18.8. The molecule has 3 aromatic carbocycles. The second-order valence-electron chi connectivity index (χ2n) is 11.0. The molecule has 0 fully saturated rings. The third-order valence-corrected chi connectivity index (χ3v) is 8.89. The van der Waals surface area contributed by atoms with Crippen molar-refractivity contribution in [1.82, 2.24) is 15.5 Å². The number of carbonyl (C=O) groups excluding carboxylic acids is 3. The molecule has 2 atom stereocenters. The van der Waals surface area contributed by atoms with Crippen molar-refractivity contribution in [2.24, 2.45) is 0 Å². The van der Waals surface area contributed by atoms with Gasteiger partial charge in [-0.15, -0.1) is 0 Å². The summed E-state index contributed by atoms with van der Waals surface area (Å²) >= 11 is 0. The van der Waals surface area contributed by atoms with Gasteiger partial charge < -0.3 is 29.9 Å². The summed E-state index contributed by atoms with van der Waals surface area (Å²) in [7, 11) is -3.00. The second-order valence-corrected chi connectivity index (χ2v) is 12.9. The van der Waals surface area contributed by atoms with Gasteiger partial charge in [0.2, 0.25) is 5.91 Å². The molecule has 248 valence electrons. The normalized spacial score (nSPS) is 12.6. The van der Waals surface area contributed by atoms with Gasteiger partial charge in [0.15, 0.2) is 0 Å². The molecule has 0 saturated heterocycles. The highest BCUT2D eigenvalue weighted by Gasteiger charge is 2.35. The standard InChI is InChI=1S/C34H44N3O8P/c1-26(46(41,42)43)37(2)31(24-27-16-18-30(19-17-27)29-14-8-4-9-15-29)33(39)35-22-20-32(38)44-23-11-5-10-21-36-34(40)45-25-28-12-6-3-7-13-28/h3-4,6-9,12-19,26,31H,5,10-11,20-25H2,1-2H3,(H,35,39)(H,36,40)(H2,41,42,43). The Morgan fingerprint density at radius 2 is 1.41 bits per heavy atom. The monoisotopic (exact) mass is 653 g/mol. The lowest BCUT2D eigenvalue weighted by Crippen LogP contribution is -2.50. The van der Waals surface area contributed by atoms with Crippen LogP contribution in [0, 0.1) is 0 Å². The minimum atomic E-state index is -4.50. The quantitative estimate of drug-likeness (QED) is 0.0856. The minimum absolute atomic E-state index is 0.0221. The Labute approximate surface area is 270 Å². The van der Waals surface area contributed by atoms with Crippen molar-refractivity contribution in [1.29, 1.82) is 0 Å². The summed E-state index contributed by atoms with van der Waals surface area (Å²) in [6.45, 7) is 2.27. The lowest BCUT2D eigenvalue weighted by Gasteiger charge is -2.32. The molecular weight excluding hydrogens is 609 g/mol. The maximum Gasteiger partial charge on any atom is 0.407 e. The van der Waals surface area contributed by atoms with Crippen LogP contribution >= 0.6 is 7.60 Å². The van der Waals surface area contributed by atoms with Crippen molar-refractivity contribution in [3.63, 3.8) is 0 Å². The summed E-state index contributed by atoms with van der Waals surface area (Å²) in [5.74, 6) is -2.10. The fourth-order valence-electron chi connectivity index (χ4n) is 4.64. The largest absolute Gasteiger partial charge is 0.466 e. The molecule has 3 rings (SSSR count). The summed E-state index contributed by atoms with van der Waals surface area (Å²) in [4.78, 5) is 58.1. The van der Waals surface area contributed by atoms with E-state index in [0.717, 1.165) is 28.7 Å². The van der Waals surface area contributed by atoms with Crippen molar-refractivity contribution in [2.75, 3.05) is 26.7 Å². The number of nitrogens with zero attached hydrogens (tertiary/aromatic N) is 1. The molecule has 46 heavy (non-hydrogen) atoms. The first-order valence-corrected chi connectivity index (χ1v) is 17.0. The first-order valence-electron chi connectivity index (χ1n) is 15.3. The summed E-state index contributed by atoms with van der Waals surface area (Å²) in [6, 6.07) is 26.0. The Morgan fingerprint density at radius 1 is 0.783 bits per heavy atom. The van der Waals surface area contributed by atoms with E-state index in [4.69, 9.17) is 9.47 Å². The molecule has 0 aliphatic heterocycles. The number of likely N-dealkylation sites (N-methyl/N-ethyl adjacent to an activating group) is 1. The molecule has 0 aromatic heterocycles. The van der Waals surface area contributed by atoms with E-state index in [2.05, 4.69) is 10.6 Å². The van der Waals surface area contributed by atoms with Crippen molar-refractivity contribution >= 4 is 25.6 Å². The summed E-state index contributed by atoms with van der Waals surface area (Å²) in [5, 5.41) is 5.41. The molecular formula is C34H44N3O8P. The van der Waals surface area contributed by atoms with E-state index >= 15 is 0 Å². The lowest BCUT2D eigenvalue weighted by molar-refractivity contribution is -0.143. The molecule has 0 spiro atoms. The molecule has 0 aliphatic carbocycles. The van der Waals surface area contributed by atoms with Crippen molar-refractivity contribution in [3.8, 4) is 11.1 Å². The van der Waals surface area contributed by atoms with Gasteiger partial charge in [-0.25, -0.2) is 4.79 Å². The number of ether oxygens (including phenoxy) is 2.